The lowest BCUT2D eigenvalue weighted by Gasteiger charge is -2.22. The smallest absolute Gasteiger partial charge is 0.270 e. The molecule has 0 spiro atoms. The minimum Gasteiger partial charge on any atom is -0.397 e. The van der Waals surface area contributed by atoms with Crippen molar-refractivity contribution in [2.24, 2.45) is 0 Å². The van der Waals surface area contributed by atoms with E-state index >= 15 is 0 Å². The highest BCUT2D eigenvalue weighted by Gasteiger charge is 2.25. The molecule has 7 heteroatoms. The Morgan fingerprint density at radius 3 is 2.56 bits per heavy atom. The second kappa shape index (κ2) is 4.93. The average molecular weight is 269 g/mol. The van der Waals surface area contributed by atoms with E-state index in [9.17, 15) is 13.2 Å². The van der Waals surface area contributed by atoms with Crippen LogP contribution in [0.15, 0.2) is 18.3 Å². The molecule has 0 saturated carbocycles. The molecule has 0 radical (unpaired) electrons. The van der Waals surface area contributed by atoms with Crippen molar-refractivity contribution in [3.8, 4) is 0 Å². The molecule has 18 heavy (non-hydrogen) atoms. The average Bonchev–Trinajstić information content (AvgIpc) is 2.33. The highest BCUT2D eigenvalue weighted by Crippen LogP contribution is 2.12. The Hall–Kier alpha value is -1.63. The van der Waals surface area contributed by atoms with Crippen LogP contribution in [0.4, 0.5) is 5.69 Å². The number of anilines is 1. The summed E-state index contributed by atoms with van der Waals surface area (Å²) in [4.78, 5) is 15.7. The molecule has 3 N–H and O–H groups in total. The molecule has 1 aliphatic rings. The molecular weight excluding hydrogens is 254 g/mol. The lowest BCUT2D eigenvalue weighted by atomic mass is 10.1. The molecule has 0 atom stereocenters. The number of hydrogen-bond acceptors (Lipinski definition) is 5. The van der Waals surface area contributed by atoms with Crippen molar-refractivity contribution in [2.75, 3.05) is 17.2 Å². The molecule has 6 nitrogen and oxygen atoms in total. The summed E-state index contributed by atoms with van der Waals surface area (Å²) in [6.07, 6.45) is 2.34. The third kappa shape index (κ3) is 3.19. The van der Waals surface area contributed by atoms with Crippen molar-refractivity contribution in [2.45, 2.75) is 18.9 Å². The Labute approximate surface area is 106 Å². The Balaban J connectivity index is 1.94. The molecule has 0 aliphatic carbocycles. The van der Waals surface area contributed by atoms with Gasteiger partial charge in [0.15, 0.2) is 0 Å². The molecule has 1 amide bonds. The second-order valence-electron chi connectivity index (χ2n) is 4.38. The zero-order valence-corrected chi connectivity index (χ0v) is 10.6. The van der Waals surface area contributed by atoms with Crippen molar-refractivity contribution in [3.05, 3.63) is 24.0 Å². The molecule has 1 aromatic rings. The Morgan fingerprint density at radius 1 is 1.33 bits per heavy atom. The SMILES string of the molecule is Nc1ccc(C(=O)NC2CCS(=O)(=O)CC2)nc1. The Kier molecular flexibility index (Phi) is 3.51. The van der Waals surface area contributed by atoms with Crippen LogP contribution in [-0.2, 0) is 9.84 Å². The van der Waals surface area contributed by atoms with E-state index in [1.54, 1.807) is 12.1 Å². The van der Waals surface area contributed by atoms with Crippen molar-refractivity contribution in [1.29, 1.82) is 0 Å². The van der Waals surface area contributed by atoms with Crippen LogP contribution in [0.3, 0.4) is 0 Å². The van der Waals surface area contributed by atoms with E-state index in [0.29, 0.717) is 18.5 Å². The van der Waals surface area contributed by atoms with Crippen molar-refractivity contribution >= 4 is 21.4 Å². The monoisotopic (exact) mass is 269 g/mol. The first kappa shape index (κ1) is 12.8. The highest BCUT2D eigenvalue weighted by atomic mass is 32.2. The molecule has 2 heterocycles. The van der Waals surface area contributed by atoms with Crippen LogP contribution in [0, 0.1) is 0 Å². The lowest BCUT2D eigenvalue weighted by Crippen LogP contribution is -2.41. The van der Waals surface area contributed by atoms with Gasteiger partial charge in [0.25, 0.3) is 5.91 Å². The predicted molar refractivity (Wildman–Crippen MR) is 67.8 cm³/mol. The molecule has 1 saturated heterocycles. The summed E-state index contributed by atoms with van der Waals surface area (Å²) in [6, 6.07) is 3.05. The molecule has 2 rings (SSSR count). The van der Waals surface area contributed by atoms with Crippen LogP contribution in [0.25, 0.3) is 0 Å². The molecule has 0 bridgehead atoms. The van der Waals surface area contributed by atoms with Crippen molar-refractivity contribution in [3.63, 3.8) is 0 Å². The van der Waals surface area contributed by atoms with E-state index in [1.165, 1.54) is 6.20 Å². The fourth-order valence-electron chi connectivity index (χ4n) is 1.83. The number of carbonyl (C=O) groups excluding carboxylic acids is 1. The van der Waals surface area contributed by atoms with Gasteiger partial charge in [-0.15, -0.1) is 0 Å². The fourth-order valence-corrected chi connectivity index (χ4v) is 3.32. The summed E-state index contributed by atoms with van der Waals surface area (Å²) in [7, 11) is -2.91. The lowest BCUT2D eigenvalue weighted by molar-refractivity contribution is 0.0929. The van der Waals surface area contributed by atoms with E-state index in [4.69, 9.17) is 5.73 Å². The first-order chi connectivity index (χ1) is 8.46. The molecular formula is C11H15N3O3S. The van der Waals surface area contributed by atoms with E-state index in [0.717, 1.165) is 0 Å². The number of sulfone groups is 1. The minimum absolute atomic E-state index is 0.0969. The van der Waals surface area contributed by atoms with Gasteiger partial charge in [-0.1, -0.05) is 0 Å². The Morgan fingerprint density at radius 2 is 2.00 bits per heavy atom. The van der Waals surface area contributed by atoms with E-state index in [2.05, 4.69) is 10.3 Å². The van der Waals surface area contributed by atoms with E-state index in [-0.39, 0.29) is 29.1 Å². The Bertz CT molecular complexity index is 525. The first-order valence-electron chi connectivity index (χ1n) is 5.69. The van der Waals surface area contributed by atoms with Crippen LogP contribution in [0.1, 0.15) is 23.3 Å². The number of hydrogen-bond donors (Lipinski definition) is 2. The molecule has 98 valence electrons. The fraction of sp³-hybridized carbons (Fsp3) is 0.455. The summed E-state index contributed by atoms with van der Waals surface area (Å²) in [5.74, 6) is -0.0282. The highest BCUT2D eigenvalue weighted by molar-refractivity contribution is 7.91. The molecule has 0 aromatic carbocycles. The standard InChI is InChI=1S/C11H15N3O3S/c12-8-1-2-10(13-7-8)11(15)14-9-3-5-18(16,17)6-4-9/h1-2,7,9H,3-6,12H2,(H,14,15). The number of rotatable bonds is 2. The third-order valence-corrected chi connectivity index (χ3v) is 4.62. The molecule has 1 fully saturated rings. The summed E-state index contributed by atoms with van der Waals surface area (Å²) in [5, 5.41) is 2.79. The van der Waals surface area contributed by atoms with Crippen LogP contribution >= 0.6 is 0 Å². The maximum Gasteiger partial charge on any atom is 0.270 e. The number of pyridine rings is 1. The van der Waals surface area contributed by atoms with Crippen LogP contribution in [0.5, 0.6) is 0 Å². The number of nitrogens with two attached hydrogens (primary N) is 1. The second-order valence-corrected chi connectivity index (χ2v) is 6.68. The van der Waals surface area contributed by atoms with Gasteiger partial charge in [-0.05, 0) is 25.0 Å². The number of nitrogens with one attached hydrogen (secondary N) is 1. The normalized spacial score (nSPS) is 19.3. The van der Waals surface area contributed by atoms with Gasteiger partial charge >= 0.3 is 0 Å². The number of aromatic nitrogens is 1. The topological polar surface area (TPSA) is 102 Å². The van der Waals surface area contributed by atoms with Gasteiger partial charge in [-0.3, -0.25) is 4.79 Å². The maximum absolute atomic E-state index is 11.8. The van der Waals surface area contributed by atoms with Crippen molar-refractivity contribution in [1.82, 2.24) is 10.3 Å². The predicted octanol–water partition coefficient (Wildman–Crippen LogP) is -0.0292. The summed E-state index contributed by atoms with van der Waals surface area (Å²) in [6.45, 7) is 0. The summed E-state index contributed by atoms with van der Waals surface area (Å²) < 4.78 is 22.5. The van der Waals surface area contributed by atoms with E-state index < -0.39 is 9.84 Å². The molecule has 0 unspecified atom stereocenters. The van der Waals surface area contributed by atoms with E-state index in [1.807, 2.05) is 0 Å². The summed E-state index contributed by atoms with van der Waals surface area (Å²) >= 11 is 0. The van der Waals surface area contributed by atoms with Crippen LogP contribution < -0.4 is 11.1 Å². The first-order valence-corrected chi connectivity index (χ1v) is 7.51. The van der Waals surface area contributed by atoms with Crippen LogP contribution in [-0.4, -0.2) is 36.9 Å². The van der Waals surface area contributed by atoms with Crippen LogP contribution in [0.2, 0.25) is 0 Å². The third-order valence-electron chi connectivity index (χ3n) is 2.91. The van der Waals surface area contributed by atoms with Crippen molar-refractivity contribution < 1.29 is 13.2 Å². The maximum atomic E-state index is 11.8. The minimum atomic E-state index is -2.91. The number of nitrogens with zero attached hydrogens (tertiary/aromatic N) is 1. The number of nitrogen functional groups attached to an aromatic ring is 1. The molecule has 1 aromatic heterocycles. The van der Waals surface area contributed by atoms with Gasteiger partial charge < -0.3 is 11.1 Å². The van der Waals surface area contributed by atoms with Gasteiger partial charge in [0, 0.05) is 6.04 Å². The largest absolute Gasteiger partial charge is 0.397 e. The zero-order chi connectivity index (χ0) is 13.2. The zero-order valence-electron chi connectivity index (χ0n) is 9.80. The van der Waals surface area contributed by atoms with Gasteiger partial charge in [0.2, 0.25) is 0 Å². The molecule has 1 aliphatic heterocycles. The van der Waals surface area contributed by atoms with Gasteiger partial charge in [0.05, 0.1) is 23.4 Å². The number of carbonyl (C=O) groups is 1. The van der Waals surface area contributed by atoms with Gasteiger partial charge in [-0.2, -0.15) is 0 Å². The van der Waals surface area contributed by atoms with Gasteiger partial charge in [0.1, 0.15) is 15.5 Å². The van der Waals surface area contributed by atoms with Gasteiger partial charge in [-0.25, -0.2) is 13.4 Å². The summed E-state index contributed by atoms with van der Waals surface area (Å²) in [5.41, 5.74) is 6.27. The number of amides is 1. The quantitative estimate of drug-likeness (QED) is 0.785.